The summed E-state index contributed by atoms with van der Waals surface area (Å²) in [6.45, 7) is 0. The standard InChI is InChI=1S/C17H15ClN2O4S/c1-23-13-4-6-14(7-5-13)25(21,22)15(10-19)11-20-12-3-8-17(24-2)16(18)9-12/h3-9,11,20H,1-2H3. The number of rotatable bonds is 6. The number of methoxy groups -OCH3 is 2. The Balaban J connectivity index is 2.29. The number of ether oxygens (including phenoxy) is 2. The van der Waals surface area contributed by atoms with E-state index in [4.69, 9.17) is 21.1 Å². The molecule has 130 valence electrons. The van der Waals surface area contributed by atoms with Crippen LogP contribution in [-0.2, 0) is 9.84 Å². The third-order valence-electron chi connectivity index (χ3n) is 3.29. The van der Waals surface area contributed by atoms with Crippen molar-refractivity contribution in [2.75, 3.05) is 19.5 Å². The molecule has 0 aliphatic carbocycles. The van der Waals surface area contributed by atoms with Crippen LogP contribution in [0.2, 0.25) is 5.02 Å². The molecule has 0 saturated heterocycles. The second-order valence-corrected chi connectivity index (χ2v) is 7.12. The van der Waals surface area contributed by atoms with E-state index in [-0.39, 0.29) is 4.90 Å². The zero-order valence-corrected chi connectivity index (χ0v) is 15.1. The molecule has 1 N–H and O–H groups in total. The van der Waals surface area contributed by atoms with Crippen LogP contribution >= 0.6 is 11.6 Å². The van der Waals surface area contributed by atoms with Crippen molar-refractivity contribution in [3.63, 3.8) is 0 Å². The van der Waals surface area contributed by atoms with Crippen LogP contribution in [-0.4, -0.2) is 22.6 Å². The Morgan fingerprint density at radius 3 is 2.36 bits per heavy atom. The van der Waals surface area contributed by atoms with E-state index >= 15 is 0 Å². The summed E-state index contributed by atoms with van der Waals surface area (Å²) in [6.07, 6.45) is 1.12. The van der Waals surface area contributed by atoms with E-state index in [9.17, 15) is 13.7 Å². The van der Waals surface area contributed by atoms with Crippen LogP contribution in [0, 0.1) is 11.3 Å². The molecular formula is C17H15ClN2O4S. The van der Waals surface area contributed by atoms with Crippen molar-refractivity contribution in [1.82, 2.24) is 0 Å². The number of allylic oxidation sites excluding steroid dienone is 1. The van der Waals surface area contributed by atoms with Crippen LogP contribution in [0.15, 0.2) is 58.5 Å². The van der Waals surface area contributed by atoms with Gasteiger partial charge in [0, 0.05) is 11.9 Å². The van der Waals surface area contributed by atoms with Crippen LogP contribution in [0.25, 0.3) is 0 Å². The average Bonchev–Trinajstić information content (AvgIpc) is 2.62. The molecule has 6 nitrogen and oxygen atoms in total. The highest BCUT2D eigenvalue weighted by atomic mass is 35.5. The third kappa shape index (κ3) is 4.24. The lowest BCUT2D eigenvalue weighted by atomic mass is 10.3. The van der Waals surface area contributed by atoms with Gasteiger partial charge < -0.3 is 14.8 Å². The van der Waals surface area contributed by atoms with Gasteiger partial charge in [0.2, 0.25) is 9.84 Å². The molecule has 0 bridgehead atoms. The number of halogens is 1. The Morgan fingerprint density at radius 2 is 1.84 bits per heavy atom. The van der Waals surface area contributed by atoms with Gasteiger partial charge in [-0.2, -0.15) is 5.26 Å². The largest absolute Gasteiger partial charge is 0.497 e. The molecule has 25 heavy (non-hydrogen) atoms. The van der Waals surface area contributed by atoms with Gasteiger partial charge in [-0.3, -0.25) is 0 Å². The average molecular weight is 379 g/mol. The monoisotopic (exact) mass is 378 g/mol. The highest BCUT2D eigenvalue weighted by molar-refractivity contribution is 7.95. The summed E-state index contributed by atoms with van der Waals surface area (Å²) in [6, 6.07) is 12.3. The fourth-order valence-electron chi connectivity index (χ4n) is 1.96. The second-order valence-electron chi connectivity index (χ2n) is 4.79. The minimum absolute atomic E-state index is 0.00402. The Kier molecular flexibility index (Phi) is 5.91. The van der Waals surface area contributed by atoms with Crippen LogP contribution in [0.4, 0.5) is 5.69 Å². The molecule has 0 radical (unpaired) electrons. The zero-order chi connectivity index (χ0) is 18.4. The first-order valence-electron chi connectivity index (χ1n) is 7.02. The first kappa shape index (κ1) is 18.6. The summed E-state index contributed by atoms with van der Waals surface area (Å²) >= 11 is 6.01. The minimum Gasteiger partial charge on any atom is -0.497 e. The van der Waals surface area contributed by atoms with Gasteiger partial charge in [0.25, 0.3) is 0 Å². The van der Waals surface area contributed by atoms with E-state index in [0.29, 0.717) is 22.2 Å². The number of hydrogen-bond acceptors (Lipinski definition) is 6. The summed E-state index contributed by atoms with van der Waals surface area (Å²) < 4.78 is 35.1. The van der Waals surface area contributed by atoms with Gasteiger partial charge in [0.15, 0.2) is 4.91 Å². The maximum atomic E-state index is 12.5. The second kappa shape index (κ2) is 7.92. The van der Waals surface area contributed by atoms with Gasteiger partial charge >= 0.3 is 0 Å². The van der Waals surface area contributed by atoms with E-state index < -0.39 is 14.7 Å². The number of nitrogens with zero attached hydrogens (tertiary/aromatic N) is 1. The van der Waals surface area contributed by atoms with E-state index in [0.717, 1.165) is 6.20 Å². The first-order valence-corrected chi connectivity index (χ1v) is 8.88. The summed E-state index contributed by atoms with van der Waals surface area (Å²) in [5.41, 5.74) is 0.517. The molecule has 0 atom stereocenters. The van der Waals surface area contributed by atoms with Crippen molar-refractivity contribution >= 4 is 27.1 Å². The predicted octanol–water partition coefficient (Wildman–Crippen LogP) is 3.61. The van der Waals surface area contributed by atoms with Gasteiger partial charge in [-0.1, -0.05) is 11.6 Å². The topological polar surface area (TPSA) is 88.4 Å². The van der Waals surface area contributed by atoms with Crippen molar-refractivity contribution in [2.24, 2.45) is 0 Å². The smallest absolute Gasteiger partial charge is 0.218 e. The maximum absolute atomic E-state index is 12.5. The summed E-state index contributed by atoms with van der Waals surface area (Å²) in [4.78, 5) is -0.430. The minimum atomic E-state index is -3.94. The zero-order valence-electron chi connectivity index (χ0n) is 13.5. The molecule has 2 rings (SSSR count). The first-order chi connectivity index (χ1) is 11.9. The number of anilines is 1. The highest BCUT2D eigenvalue weighted by Crippen LogP contribution is 2.28. The van der Waals surface area contributed by atoms with Crippen LogP contribution in [0.3, 0.4) is 0 Å². The lowest BCUT2D eigenvalue weighted by Gasteiger charge is -2.07. The van der Waals surface area contributed by atoms with Crippen molar-refractivity contribution in [3.05, 3.63) is 58.6 Å². The molecule has 0 saturated carbocycles. The molecule has 0 spiro atoms. The number of nitriles is 1. The van der Waals surface area contributed by atoms with Crippen molar-refractivity contribution in [3.8, 4) is 17.6 Å². The van der Waals surface area contributed by atoms with Crippen LogP contribution < -0.4 is 14.8 Å². The Labute approximate surface area is 151 Å². The normalized spacial score (nSPS) is 11.5. The Bertz CT molecular complexity index is 932. The molecule has 0 heterocycles. The Hall–Kier alpha value is -2.69. The van der Waals surface area contributed by atoms with Gasteiger partial charge in [0.05, 0.1) is 24.1 Å². The van der Waals surface area contributed by atoms with Crippen LogP contribution in [0.1, 0.15) is 0 Å². The molecule has 0 unspecified atom stereocenters. The van der Waals surface area contributed by atoms with Gasteiger partial charge in [-0.25, -0.2) is 8.42 Å². The number of nitrogens with one attached hydrogen (secondary N) is 1. The molecular weight excluding hydrogens is 364 g/mol. The molecule has 0 amide bonds. The number of benzene rings is 2. The van der Waals surface area contributed by atoms with Crippen LogP contribution in [0.5, 0.6) is 11.5 Å². The van der Waals surface area contributed by atoms with Crippen molar-refractivity contribution < 1.29 is 17.9 Å². The number of hydrogen-bond donors (Lipinski definition) is 1. The quantitative estimate of drug-likeness (QED) is 0.772. The Morgan fingerprint density at radius 1 is 1.16 bits per heavy atom. The van der Waals surface area contributed by atoms with Gasteiger partial charge in [0.1, 0.15) is 17.6 Å². The summed E-state index contributed by atoms with van der Waals surface area (Å²) in [7, 11) is -0.975. The molecule has 2 aromatic carbocycles. The highest BCUT2D eigenvalue weighted by Gasteiger charge is 2.20. The lowest BCUT2D eigenvalue weighted by molar-refractivity contribution is 0.414. The third-order valence-corrected chi connectivity index (χ3v) is 5.27. The van der Waals surface area contributed by atoms with E-state index in [1.165, 1.54) is 38.5 Å². The van der Waals surface area contributed by atoms with Gasteiger partial charge in [-0.05, 0) is 42.5 Å². The summed E-state index contributed by atoms with van der Waals surface area (Å²) in [5, 5.41) is 12.3. The maximum Gasteiger partial charge on any atom is 0.218 e. The van der Waals surface area contributed by atoms with E-state index in [2.05, 4.69) is 5.32 Å². The molecule has 0 aromatic heterocycles. The molecule has 0 aliphatic rings. The van der Waals surface area contributed by atoms with Crippen molar-refractivity contribution in [1.29, 1.82) is 5.26 Å². The molecule has 8 heteroatoms. The van der Waals surface area contributed by atoms with Gasteiger partial charge in [-0.15, -0.1) is 0 Å². The number of sulfone groups is 1. The van der Waals surface area contributed by atoms with E-state index in [1.54, 1.807) is 24.3 Å². The molecule has 0 fully saturated rings. The lowest BCUT2D eigenvalue weighted by Crippen LogP contribution is -2.05. The predicted molar refractivity (Wildman–Crippen MR) is 95.5 cm³/mol. The fourth-order valence-corrected chi connectivity index (χ4v) is 3.30. The summed E-state index contributed by atoms with van der Waals surface area (Å²) in [5.74, 6) is 1.01. The molecule has 2 aromatic rings. The SMILES string of the molecule is COc1ccc(S(=O)(=O)C(C#N)=CNc2ccc(OC)c(Cl)c2)cc1. The fraction of sp³-hybridized carbons (Fsp3) is 0.118. The van der Waals surface area contributed by atoms with Crippen molar-refractivity contribution in [2.45, 2.75) is 4.90 Å². The van der Waals surface area contributed by atoms with E-state index in [1.807, 2.05) is 0 Å². The molecule has 0 aliphatic heterocycles.